The third kappa shape index (κ3) is 3.18. The molecular weight excluding hydrogens is 328 g/mol. The number of imide groups is 2. The molecule has 8 nitrogen and oxygen atoms in total. The van der Waals surface area contributed by atoms with Crippen molar-refractivity contribution in [3.8, 4) is 11.3 Å². The lowest BCUT2D eigenvalue weighted by Crippen LogP contribution is -2.51. The van der Waals surface area contributed by atoms with Gasteiger partial charge in [0.05, 0.1) is 5.56 Å². The van der Waals surface area contributed by atoms with E-state index in [-0.39, 0.29) is 16.9 Å². The molecule has 126 valence electrons. The van der Waals surface area contributed by atoms with E-state index in [1.165, 1.54) is 18.2 Å². The highest BCUT2D eigenvalue weighted by molar-refractivity contribution is 6.31. The first-order chi connectivity index (χ1) is 11.8. The van der Waals surface area contributed by atoms with Gasteiger partial charge in [0.2, 0.25) is 0 Å². The van der Waals surface area contributed by atoms with Crippen molar-refractivity contribution in [1.29, 1.82) is 0 Å². The Bertz CT molecular complexity index is 932. The molecule has 0 bridgehead atoms. The van der Waals surface area contributed by atoms with Crippen molar-refractivity contribution in [3.63, 3.8) is 0 Å². The van der Waals surface area contributed by atoms with E-state index in [1.54, 1.807) is 25.1 Å². The van der Waals surface area contributed by atoms with Crippen LogP contribution < -0.4 is 10.6 Å². The van der Waals surface area contributed by atoms with Crippen molar-refractivity contribution < 1.29 is 28.7 Å². The lowest BCUT2D eigenvalue weighted by molar-refractivity contribution is -0.123. The molecule has 0 atom stereocenters. The normalized spacial score (nSPS) is 14.1. The van der Waals surface area contributed by atoms with Crippen molar-refractivity contribution in [1.82, 2.24) is 10.6 Å². The van der Waals surface area contributed by atoms with Crippen LogP contribution >= 0.6 is 0 Å². The van der Waals surface area contributed by atoms with Crippen molar-refractivity contribution in [3.05, 3.63) is 52.8 Å². The zero-order valence-corrected chi connectivity index (χ0v) is 13.0. The second kappa shape index (κ2) is 6.08. The van der Waals surface area contributed by atoms with Gasteiger partial charge in [-0.15, -0.1) is 0 Å². The average Bonchev–Trinajstić information content (AvgIpc) is 2.99. The van der Waals surface area contributed by atoms with Crippen molar-refractivity contribution in [2.75, 3.05) is 0 Å². The fraction of sp³-hybridized carbons (Fsp3) is 0.0588. The Morgan fingerprint density at radius 2 is 1.76 bits per heavy atom. The number of amides is 4. The summed E-state index contributed by atoms with van der Waals surface area (Å²) in [6.45, 7) is 1.75. The molecule has 1 fully saturated rings. The number of nitrogens with one attached hydrogen (secondary N) is 2. The Labute approximate surface area is 141 Å². The number of barbiturate groups is 1. The summed E-state index contributed by atoms with van der Waals surface area (Å²) in [5.74, 6) is -1.95. The first-order valence-electron chi connectivity index (χ1n) is 7.17. The molecule has 0 aliphatic carbocycles. The van der Waals surface area contributed by atoms with Gasteiger partial charge in [-0.2, -0.15) is 0 Å². The molecule has 1 aromatic heterocycles. The van der Waals surface area contributed by atoms with Gasteiger partial charge in [-0.1, -0.05) is 6.07 Å². The number of carbonyl (C=O) groups is 4. The van der Waals surface area contributed by atoms with E-state index in [1.807, 2.05) is 10.6 Å². The molecule has 1 aliphatic heterocycles. The minimum atomic E-state index is -1.02. The monoisotopic (exact) mass is 340 g/mol. The number of urea groups is 1. The Morgan fingerprint density at radius 3 is 2.36 bits per heavy atom. The SMILES string of the molecule is Cc1cc(C(=O)O)ccc1-c1ccc(C=C2C(=O)NC(=O)NC2=O)o1. The number of furan rings is 1. The van der Waals surface area contributed by atoms with Gasteiger partial charge < -0.3 is 9.52 Å². The number of carbonyl (C=O) groups excluding carboxylic acids is 3. The van der Waals surface area contributed by atoms with Gasteiger partial charge in [-0.3, -0.25) is 20.2 Å². The lowest BCUT2D eigenvalue weighted by atomic mass is 10.0. The quantitative estimate of drug-likeness (QED) is 0.577. The molecule has 8 heteroatoms. The molecule has 4 amide bonds. The summed E-state index contributed by atoms with van der Waals surface area (Å²) in [6, 6.07) is 6.92. The molecule has 2 heterocycles. The third-order valence-corrected chi connectivity index (χ3v) is 3.60. The maximum Gasteiger partial charge on any atom is 0.335 e. The molecule has 0 radical (unpaired) electrons. The van der Waals surface area contributed by atoms with E-state index in [9.17, 15) is 19.2 Å². The third-order valence-electron chi connectivity index (χ3n) is 3.60. The van der Waals surface area contributed by atoms with Gasteiger partial charge in [-0.05, 0) is 42.8 Å². The van der Waals surface area contributed by atoms with Crippen LogP contribution in [-0.2, 0) is 9.59 Å². The van der Waals surface area contributed by atoms with Crippen LogP contribution in [0.4, 0.5) is 4.79 Å². The molecule has 1 aromatic carbocycles. The fourth-order valence-electron chi connectivity index (χ4n) is 2.40. The lowest BCUT2D eigenvalue weighted by Gasteiger charge is -2.13. The molecule has 3 N–H and O–H groups in total. The van der Waals surface area contributed by atoms with E-state index in [0.29, 0.717) is 16.9 Å². The van der Waals surface area contributed by atoms with Gasteiger partial charge in [0.15, 0.2) is 0 Å². The molecule has 2 aromatic rings. The maximum atomic E-state index is 11.7. The molecule has 0 spiro atoms. The highest BCUT2D eigenvalue weighted by Gasteiger charge is 2.28. The fourth-order valence-corrected chi connectivity index (χ4v) is 2.40. The first-order valence-corrected chi connectivity index (χ1v) is 7.17. The standard InChI is InChI=1S/C17H12N2O6/c1-8-6-9(16(22)23)2-4-11(8)13-5-3-10(25-13)7-12-14(20)18-17(24)19-15(12)21/h2-7H,1H3,(H,22,23)(H2,18,19,20,21,24). The number of carboxylic acid groups (broad SMARTS) is 1. The van der Waals surface area contributed by atoms with Gasteiger partial charge >= 0.3 is 12.0 Å². The average molecular weight is 340 g/mol. The summed E-state index contributed by atoms with van der Waals surface area (Å²) >= 11 is 0. The van der Waals surface area contributed by atoms with Gasteiger partial charge in [0.25, 0.3) is 11.8 Å². The largest absolute Gasteiger partial charge is 0.478 e. The summed E-state index contributed by atoms with van der Waals surface area (Å²) in [5, 5.41) is 12.9. The Kier molecular flexibility index (Phi) is 3.94. The summed E-state index contributed by atoms with van der Waals surface area (Å²) in [4.78, 5) is 45.4. The van der Waals surface area contributed by atoms with Crippen LogP contribution in [0.1, 0.15) is 21.7 Å². The molecule has 25 heavy (non-hydrogen) atoms. The molecule has 1 aliphatic rings. The summed E-state index contributed by atoms with van der Waals surface area (Å²) in [6.07, 6.45) is 1.22. The minimum Gasteiger partial charge on any atom is -0.478 e. The van der Waals surface area contributed by atoms with E-state index >= 15 is 0 Å². The van der Waals surface area contributed by atoms with E-state index in [0.717, 1.165) is 0 Å². The number of aryl methyl sites for hydroxylation is 1. The van der Waals surface area contributed by atoms with E-state index in [2.05, 4.69) is 0 Å². The Balaban J connectivity index is 1.92. The summed E-state index contributed by atoms with van der Waals surface area (Å²) < 4.78 is 5.61. The van der Waals surface area contributed by atoms with E-state index in [4.69, 9.17) is 9.52 Å². The van der Waals surface area contributed by atoms with Crippen molar-refractivity contribution >= 4 is 29.9 Å². The molecule has 0 unspecified atom stereocenters. The van der Waals surface area contributed by atoms with Crippen LogP contribution in [0.2, 0.25) is 0 Å². The minimum absolute atomic E-state index is 0.162. The number of carboxylic acids is 1. The number of hydrogen-bond donors (Lipinski definition) is 3. The molecule has 0 saturated carbocycles. The maximum absolute atomic E-state index is 11.7. The van der Waals surface area contributed by atoms with Crippen molar-refractivity contribution in [2.45, 2.75) is 6.92 Å². The van der Waals surface area contributed by atoms with Gasteiger partial charge in [0, 0.05) is 5.56 Å². The second-order valence-corrected chi connectivity index (χ2v) is 5.33. The second-order valence-electron chi connectivity index (χ2n) is 5.33. The van der Waals surface area contributed by atoms with Crippen LogP contribution in [0.25, 0.3) is 17.4 Å². The number of aromatic carboxylic acids is 1. The van der Waals surface area contributed by atoms with Crippen LogP contribution in [-0.4, -0.2) is 28.9 Å². The van der Waals surface area contributed by atoms with E-state index < -0.39 is 23.8 Å². The Hall–Kier alpha value is -3.68. The number of rotatable bonds is 3. The van der Waals surface area contributed by atoms with Crippen molar-refractivity contribution in [2.24, 2.45) is 0 Å². The topological polar surface area (TPSA) is 126 Å². The molecule has 1 saturated heterocycles. The predicted octanol–water partition coefficient (Wildman–Crippen LogP) is 1.70. The zero-order chi connectivity index (χ0) is 18.1. The van der Waals surface area contributed by atoms with Gasteiger partial charge in [0.1, 0.15) is 17.1 Å². The molecule has 3 rings (SSSR count). The van der Waals surface area contributed by atoms with Gasteiger partial charge in [-0.25, -0.2) is 9.59 Å². The predicted molar refractivity (Wildman–Crippen MR) is 85.5 cm³/mol. The van der Waals surface area contributed by atoms with Crippen LogP contribution in [0.3, 0.4) is 0 Å². The number of hydrogen-bond acceptors (Lipinski definition) is 5. The smallest absolute Gasteiger partial charge is 0.335 e. The zero-order valence-electron chi connectivity index (χ0n) is 13.0. The van der Waals surface area contributed by atoms with Crippen LogP contribution in [0.15, 0.2) is 40.3 Å². The highest BCUT2D eigenvalue weighted by atomic mass is 16.4. The van der Waals surface area contributed by atoms with Crippen LogP contribution in [0.5, 0.6) is 0 Å². The van der Waals surface area contributed by atoms with Crippen LogP contribution in [0, 0.1) is 6.92 Å². The summed E-state index contributed by atoms with van der Waals surface area (Å²) in [7, 11) is 0. The summed E-state index contributed by atoms with van der Waals surface area (Å²) in [5.41, 5.74) is 1.29. The number of benzene rings is 1. The first kappa shape index (κ1) is 16.2. The Morgan fingerprint density at radius 1 is 1.08 bits per heavy atom. The molecular formula is C17H12N2O6. The highest BCUT2D eigenvalue weighted by Crippen LogP contribution is 2.27.